The van der Waals surface area contributed by atoms with Crippen molar-refractivity contribution in [3.05, 3.63) is 42.5 Å². The van der Waals surface area contributed by atoms with Gasteiger partial charge in [0.1, 0.15) is 0 Å². The van der Waals surface area contributed by atoms with Crippen LogP contribution in [0.25, 0.3) is 0 Å². The number of benzene rings is 1. The molecule has 1 N–H and O–H groups in total. The quantitative estimate of drug-likeness (QED) is 0.409. The molecule has 0 saturated heterocycles. The van der Waals surface area contributed by atoms with Gasteiger partial charge in [-0.05, 0) is 37.1 Å². The van der Waals surface area contributed by atoms with Gasteiger partial charge in [-0.2, -0.15) is 0 Å². The van der Waals surface area contributed by atoms with Gasteiger partial charge in [-0.15, -0.1) is 11.8 Å². The Balaban J connectivity index is 1.96. The van der Waals surface area contributed by atoms with Gasteiger partial charge in [0, 0.05) is 10.5 Å². The van der Waals surface area contributed by atoms with Gasteiger partial charge in [-0.25, -0.2) is 4.79 Å². The largest absolute Gasteiger partial charge is 0.478 e. The number of carbonyl (C=O) groups is 1. The molecule has 0 atom stereocenters. The van der Waals surface area contributed by atoms with Crippen molar-refractivity contribution in [2.45, 2.75) is 37.0 Å². The van der Waals surface area contributed by atoms with Crippen LogP contribution in [-0.4, -0.2) is 16.8 Å². The Bertz CT molecular complexity index is 373. The Morgan fingerprint density at radius 2 is 1.78 bits per heavy atom. The van der Waals surface area contributed by atoms with E-state index in [9.17, 15) is 4.79 Å². The second-order valence-corrected chi connectivity index (χ2v) is 5.40. The first kappa shape index (κ1) is 14.8. The molecule has 0 heterocycles. The summed E-state index contributed by atoms with van der Waals surface area (Å²) >= 11 is 1.88. The van der Waals surface area contributed by atoms with Crippen molar-refractivity contribution in [3.63, 3.8) is 0 Å². The molecule has 0 fully saturated rings. The van der Waals surface area contributed by atoms with Gasteiger partial charge in [0.2, 0.25) is 0 Å². The highest BCUT2D eigenvalue weighted by molar-refractivity contribution is 7.99. The number of hydrogen-bond donors (Lipinski definition) is 1. The van der Waals surface area contributed by atoms with Crippen LogP contribution in [0.3, 0.4) is 0 Å². The van der Waals surface area contributed by atoms with E-state index in [4.69, 9.17) is 5.11 Å². The predicted molar refractivity (Wildman–Crippen MR) is 77.0 cm³/mol. The molecule has 3 heteroatoms. The summed E-state index contributed by atoms with van der Waals surface area (Å²) in [6.45, 7) is 3.52. The maximum absolute atomic E-state index is 10.5. The molecule has 18 heavy (non-hydrogen) atoms. The third kappa shape index (κ3) is 6.50. The minimum atomic E-state index is -0.866. The fourth-order valence-corrected chi connectivity index (χ4v) is 2.54. The zero-order valence-corrected chi connectivity index (χ0v) is 11.4. The highest BCUT2D eigenvalue weighted by Crippen LogP contribution is 2.19. The zero-order chi connectivity index (χ0) is 13.2. The molecule has 0 bridgehead atoms. The number of carboxylic acids is 1. The first-order chi connectivity index (χ1) is 8.70. The summed E-state index contributed by atoms with van der Waals surface area (Å²) in [6.07, 6.45) is 4.97. The molecule has 1 aromatic rings. The lowest BCUT2D eigenvalue weighted by Gasteiger charge is -2.02. The lowest BCUT2D eigenvalue weighted by Crippen LogP contribution is -1.98. The number of unbranched alkanes of at least 4 members (excludes halogenated alkanes) is 3. The van der Waals surface area contributed by atoms with Crippen LogP contribution < -0.4 is 0 Å². The lowest BCUT2D eigenvalue weighted by atomic mass is 10.1. The van der Waals surface area contributed by atoms with Gasteiger partial charge in [0.15, 0.2) is 0 Å². The van der Waals surface area contributed by atoms with Crippen LogP contribution in [0.5, 0.6) is 0 Å². The number of rotatable bonds is 9. The maximum Gasteiger partial charge on any atom is 0.330 e. The molecule has 0 aliphatic carbocycles. The van der Waals surface area contributed by atoms with E-state index < -0.39 is 5.97 Å². The van der Waals surface area contributed by atoms with E-state index >= 15 is 0 Å². The van der Waals surface area contributed by atoms with Crippen LogP contribution in [0, 0.1) is 0 Å². The molecule has 98 valence electrons. The molecule has 0 spiro atoms. The number of aliphatic carboxylic acids is 1. The van der Waals surface area contributed by atoms with E-state index in [1.54, 1.807) is 0 Å². The zero-order valence-electron chi connectivity index (χ0n) is 10.6. The maximum atomic E-state index is 10.5. The fraction of sp³-hybridized carbons (Fsp3) is 0.400. The van der Waals surface area contributed by atoms with Crippen LogP contribution in [-0.2, 0) is 4.79 Å². The Morgan fingerprint density at radius 1 is 1.11 bits per heavy atom. The van der Waals surface area contributed by atoms with Gasteiger partial charge in [-0.3, -0.25) is 0 Å². The van der Waals surface area contributed by atoms with Gasteiger partial charge in [0.05, 0.1) is 0 Å². The molecule has 0 saturated carbocycles. The van der Waals surface area contributed by atoms with E-state index in [0.29, 0.717) is 12.0 Å². The van der Waals surface area contributed by atoms with Crippen LogP contribution in [0.1, 0.15) is 32.1 Å². The van der Waals surface area contributed by atoms with Crippen LogP contribution in [0.15, 0.2) is 47.4 Å². The second-order valence-electron chi connectivity index (χ2n) is 4.23. The van der Waals surface area contributed by atoms with E-state index in [1.807, 2.05) is 17.8 Å². The predicted octanol–water partition coefficient (Wildman–Crippen LogP) is 4.37. The first-order valence-electron chi connectivity index (χ1n) is 6.29. The normalized spacial score (nSPS) is 10.2. The van der Waals surface area contributed by atoms with Crippen molar-refractivity contribution in [1.29, 1.82) is 0 Å². The first-order valence-corrected chi connectivity index (χ1v) is 7.27. The Labute approximate surface area is 113 Å². The van der Waals surface area contributed by atoms with Crippen LogP contribution in [0.2, 0.25) is 0 Å². The van der Waals surface area contributed by atoms with Crippen molar-refractivity contribution >= 4 is 17.7 Å². The van der Waals surface area contributed by atoms with Crippen LogP contribution >= 0.6 is 11.8 Å². The summed E-state index contributed by atoms with van der Waals surface area (Å²) in [6, 6.07) is 10.4. The van der Waals surface area contributed by atoms with Gasteiger partial charge in [-0.1, -0.05) is 37.6 Å². The minimum absolute atomic E-state index is 0.327. The molecule has 0 aliphatic heterocycles. The molecule has 1 aromatic carbocycles. The van der Waals surface area contributed by atoms with Crippen molar-refractivity contribution in [2.24, 2.45) is 0 Å². The van der Waals surface area contributed by atoms with E-state index in [-0.39, 0.29) is 0 Å². The van der Waals surface area contributed by atoms with Gasteiger partial charge in [0.25, 0.3) is 0 Å². The van der Waals surface area contributed by atoms with Gasteiger partial charge < -0.3 is 5.11 Å². The summed E-state index contributed by atoms with van der Waals surface area (Å²) in [4.78, 5) is 11.8. The Morgan fingerprint density at radius 3 is 2.44 bits per heavy atom. The number of hydrogen-bond acceptors (Lipinski definition) is 2. The third-order valence-electron chi connectivity index (χ3n) is 2.69. The summed E-state index contributed by atoms with van der Waals surface area (Å²) in [5.41, 5.74) is 0.327. The minimum Gasteiger partial charge on any atom is -0.478 e. The lowest BCUT2D eigenvalue weighted by molar-refractivity contribution is -0.132. The summed E-state index contributed by atoms with van der Waals surface area (Å²) in [5, 5.41) is 8.65. The fourth-order valence-electron chi connectivity index (χ4n) is 1.61. The SMILES string of the molecule is C=C(CCCCCCSc1ccccc1)C(=O)O. The average Bonchev–Trinajstić information content (AvgIpc) is 2.38. The van der Waals surface area contributed by atoms with Crippen molar-refractivity contribution < 1.29 is 9.90 Å². The van der Waals surface area contributed by atoms with E-state index in [0.717, 1.165) is 25.0 Å². The molecular formula is C15H20O2S. The highest BCUT2D eigenvalue weighted by Gasteiger charge is 2.02. The van der Waals surface area contributed by atoms with Gasteiger partial charge >= 0.3 is 5.97 Å². The van der Waals surface area contributed by atoms with E-state index in [2.05, 4.69) is 30.8 Å². The molecule has 0 amide bonds. The third-order valence-corrected chi connectivity index (χ3v) is 3.79. The summed E-state index contributed by atoms with van der Waals surface area (Å²) in [7, 11) is 0. The van der Waals surface area contributed by atoms with Crippen molar-refractivity contribution in [1.82, 2.24) is 0 Å². The van der Waals surface area contributed by atoms with Crippen molar-refractivity contribution in [3.8, 4) is 0 Å². The molecule has 0 aliphatic rings. The average molecular weight is 264 g/mol. The number of carboxylic acid groups (broad SMARTS) is 1. The molecule has 0 unspecified atom stereocenters. The Kier molecular flexibility index (Phi) is 7.26. The summed E-state index contributed by atoms with van der Waals surface area (Å²) < 4.78 is 0. The number of thioether (sulfide) groups is 1. The van der Waals surface area contributed by atoms with Crippen LogP contribution in [0.4, 0.5) is 0 Å². The monoisotopic (exact) mass is 264 g/mol. The van der Waals surface area contributed by atoms with Crippen molar-refractivity contribution in [2.75, 3.05) is 5.75 Å². The highest BCUT2D eigenvalue weighted by atomic mass is 32.2. The second kappa shape index (κ2) is 8.81. The molecule has 1 rings (SSSR count). The molecule has 0 aromatic heterocycles. The topological polar surface area (TPSA) is 37.3 Å². The summed E-state index contributed by atoms with van der Waals surface area (Å²) in [5.74, 6) is 0.263. The molecular weight excluding hydrogens is 244 g/mol. The Hall–Kier alpha value is -1.22. The standard InChI is InChI=1S/C15H20O2S/c1-13(15(16)17)9-5-2-3-8-12-18-14-10-6-4-7-11-14/h4,6-7,10-11H,1-3,5,8-9,12H2,(H,16,17). The van der Waals surface area contributed by atoms with E-state index in [1.165, 1.54) is 11.3 Å². The molecule has 0 radical (unpaired) electrons. The smallest absolute Gasteiger partial charge is 0.330 e. The molecule has 2 nitrogen and oxygen atoms in total.